The molecule has 3 nitrogen and oxygen atoms in total. The first-order valence-corrected chi connectivity index (χ1v) is 5.11. The van der Waals surface area contributed by atoms with Gasteiger partial charge in [0.1, 0.15) is 0 Å². The Hall–Kier alpha value is -0.120. The van der Waals surface area contributed by atoms with E-state index in [1.165, 1.54) is 52.1 Å². The summed E-state index contributed by atoms with van der Waals surface area (Å²) in [5.74, 6) is 0. The Morgan fingerprint density at radius 2 is 2.00 bits per heavy atom. The van der Waals surface area contributed by atoms with Crippen molar-refractivity contribution in [2.24, 2.45) is 0 Å². The van der Waals surface area contributed by atoms with Crippen molar-refractivity contribution in [2.75, 3.05) is 39.3 Å². The molecule has 0 atom stereocenters. The first kappa shape index (κ1) is 8.48. The Labute approximate surface area is 74.5 Å². The molecule has 1 aliphatic heterocycles. The number of nitrogens with one attached hydrogen (secondary N) is 2. The Morgan fingerprint density at radius 3 is 2.67 bits per heavy atom. The second-order valence-electron chi connectivity index (χ2n) is 3.82. The van der Waals surface area contributed by atoms with Crippen LogP contribution in [0.1, 0.15) is 12.8 Å². The molecule has 0 unspecified atom stereocenters. The fourth-order valence-corrected chi connectivity index (χ4v) is 1.65. The lowest BCUT2D eigenvalue weighted by molar-refractivity contribution is 0.241. The molecule has 1 saturated heterocycles. The molecule has 0 bridgehead atoms. The summed E-state index contributed by atoms with van der Waals surface area (Å²) in [5, 5.41) is 6.91. The molecular weight excluding hydrogens is 150 g/mol. The molecule has 0 aromatic heterocycles. The van der Waals surface area contributed by atoms with Gasteiger partial charge in [-0.1, -0.05) is 0 Å². The van der Waals surface area contributed by atoms with Gasteiger partial charge in [-0.25, -0.2) is 0 Å². The second kappa shape index (κ2) is 4.21. The van der Waals surface area contributed by atoms with Crippen LogP contribution in [-0.4, -0.2) is 50.2 Å². The molecule has 0 aromatic carbocycles. The maximum atomic E-state index is 3.54. The van der Waals surface area contributed by atoms with Gasteiger partial charge in [0.15, 0.2) is 0 Å². The number of rotatable bonds is 4. The molecule has 1 heterocycles. The standard InChI is InChI=1S/C9H19N3/c1-2-9(1)11-5-8-12-6-3-10-4-7-12/h9-11H,1-8H2. The molecule has 1 saturated carbocycles. The van der Waals surface area contributed by atoms with Gasteiger partial charge in [0.05, 0.1) is 0 Å². The van der Waals surface area contributed by atoms with Crippen LogP contribution in [0, 0.1) is 0 Å². The maximum absolute atomic E-state index is 3.54. The summed E-state index contributed by atoms with van der Waals surface area (Å²) in [7, 11) is 0. The first-order chi connectivity index (χ1) is 5.95. The third-order valence-corrected chi connectivity index (χ3v) is 2.65. The van der Waals surface area contributed by atoms with Gasteiger partial charge in [-0.15, -0.1) is 0 Å². The SMILES string of the molecule is C1CN(CCNC2CC2)CCN1. The molecule has 2 fully saturated rings. The van der Waals surface area contributed by atoms with Gasteiger partial charge in [0.2, 0.25) is 0 Å². The average molecular weight is 169 g/mol. The first-order valence-electron chi connectivity index (χ1n) is 5.11. The smallest absolute Gasteiger partial charge is 0.0108 e. The summed E-state index contributed by atoms with van der Waals surface area (Å²) in [5.41, 5.74) is 0. The van der Waals surface area contributed by atoms with E-state index >= 15 is 0 Å². The van der Waals surface area contributed by atoms with Gasteiger partial charge >= 0.3 is 0 Å². The minimum Gasteiger partial charge on any atom is -0.314 e. The van der Waals surface area contributed by atoms with Crippen LogP contribution in [0.25, 0.3) is 0 Å². The highest BCUT2D eigenvalue weighted by molar-refractivity contribution is 4.81. The Morgan fingerprint density at radius 1 is 1.25 bits per heavy atom. The van der Waals surface area contributed by atoms with E-state index in [4.69, 9.17) is 0 Å². The van der Waals surface area contributed by atoms with Crippen LogP contribution in [0.3, 0.4) is 0 Å². The van der Waals surface area contributed by atoms with Crippen LogP contribution >= 0.6 is 0 Å². The van der Waals surface area contributed by atoms with Gasteiger partial charge in [-0.2, -0.15) is 0 Å². The van der Waals surface area contributed by atoms with E-state index in [1.54, 1.807) is 0 Å². The minimum absolute atomic E-state index is 0.868. The van der Waals surface area contributed by atoms with Crippen molar-refractivity contribution in [1.82, 2.24) is 15.5 Å². The van der Waals surface area contributed by atoms with Crippen LogP contribution in [0.15, 0.2) is 0 Å². The van der Waals surface area contributed by atoms with Crippen molar-refractivity contribution in [1.29, 1.82) is 0 Å². The zero-order valence-electron chi connectivity index (χ0n) is 7.68. The highest BCUT2D eigenvalue weighted by Gasteiger charge is 2.20. The van der Waals surface area contributed by atoms with Gasteiger partial charge in [0, 0.05) is 45.3 Å². The van der Waals surface area contributed by atoms with Crippen molar-refractivity contribution in [3.63, 3.8) is 0 Å². The van der Waals surface area contributed by atoms with Gasteiger partial charge in [-0.3, -0.25) is 4.90 Å². The number of hydrogen-bond donors (Lipinski definition) is 2. The van der Waals surface area contributed by atoms with E-state index in [2.05, 4.69) is 15.5 Å². The van der Waals surface area contributed by atoms with Crippen LogP contribution in [0.4, 0.5) is 0 Å². The fraction of sp³-hybridized carbons (Fsp3) is 1.00. The molecule has 1 aliphatic carbocycles. The summed E-state index contributed by atoms with van der Waals surface area (Å²) in [4.78, 5) is 2.53. The van der Waals surface area contributed by atoms with E-state index in [-0.39, 0.29) is 0 Å². The number of piperazine rings is 1. The van der Waals surface area contributed by atoms with Crippen molar-refractivity contribution >= 4 is 0 Å². The molecule has 2 rings (SSSR count). The summed E-state index contributed by atoms with van der Waals surface area (Å²) in [6.07, 6.45) is 2.81. The largest absolute Gasteiger partial charge is 0.314 e. The maximum Gasteiger partial charge on any atom is 0.0108 e. The van der Waals surface area contributed by atoms with Crippen molar-refractivity contribution < 1.29 is 0 Å². The van der Waals surface area contributed by atoms with Crippen LogP contribution in [-0.2, 0) is 0 Å². The van der Waals surface area contributed by atoms with Crippen LogP contribution in [0.2, 0.25) is 0 Å². The van der Waals surface area contributed by atoms with E-state index < -0.39 is 0 Å². The molecular formula is C9H19N3. The third kappa shape index (κ3) is 2.73. The molecule has 70 valence electrons. The topological polar surface area (TPSA) is 27.3 Å². The van der Waals surface area contributed by atoms with Gasteiger partial charge in [0.25, 0.3) is 0 Å². The van der Waals surface area contributed by atoms with E-state index in [9.17, 15) is 0 Å². The van der Waals surface area contributed by atoms with Gasteiger partial charge in [-0.05, 0) is 12.8 Å². The van der Waals surface area contributed by atoms with Gasteiger partial charge < -0.3 is 10.6 Å². The molecule has 12 heavy (non-hydrogen) atoms. The van der Waals surface area contributed by atoms with E-state index in [1.807, 2.05) is 0 Å². The number of hydrogen-bond acceptors (Lipinski definition) is 3. The molecule has 0 aromatic rings. The third-order valence-electron chi connectivity index (χ3n) is 2.65. The zero-order chi connectivity index (χ0) is 8.23. The lowest BCUT2D eigenvalue weighted by Gasteiger charge is -2.27. The summed E-state index contributed by atoms with van der Waals surface area (Å²) in [6, 6.07) is 0.868. The highest BCUT2D eigenvalue weighted by atomic mass is 15.2. The highest BCUT2D eigenvalue weighted by Crippen LogP contribution is 2.17. The summed E-state index contributed by atoms with van der Waals surface area (Å²) >= 11 is 0. The lowest BCUT2D eigenvalue weighted by atomic mass is 10.3. The predicted octanol–water partition coefficient (Wildman–Crippen LogP) is -0.356. The molecule has 0 spiro atoms. The zero-order valence-corrected chi connectivity index (χ0v) is 7.68. The van der Waals surface area contributed by atoms with E-state index in [0.717, 1.165) is 6.04 Å². The predicted molar refractivity (Wildman–Crippen MR) is 50.3 cm³/mol. The minimum atomic E-state index is 0.868. The monoisotopic (exact) mass is 169 g/mol. The van der Waals surface area contributed by atoms with E-state index in [0.29, 0.717) is 0 Å². The summed E-state index contributed by atoms with van der Waals surface area (Å²) < 4.78 is 0. The van der Waals surface area contributed by atoms with Crippen molar-refractivity contribution in [3.05, 3.63) is 0 Å². The number of nitrogens with zero attached hydrogens (tertiary/aromatic N) is 1. The molecule has 3 heteroatoms. The molecule has 0 radical (unpaired) electrons. The summed E-state index contributed by atoms with van der Waals surface area (Å²) in [6.45, 7) is 7.22. The second-order valence-corrected chi connectivity index (χ2v) is 3.82. The van der Waals surface area contributed by atoms with Crippen molar-refractivity contribution in [3.8, 4) is 0 Å². The van der Waals surface area contributed by atoms with Crippen LogP contribution in [0.5, 0.6) is 0 Å². The average Bonchev–Trinajstić information content (AvgIpc) is 2.90. The fourth-order valence-electron chi connectivity index (χ4n) is 1.65. The molecule has 2 N–H and O–H groups in total. The van der Waals surface area contributed by atoms with Crippen molar-refractivity contribution in [2.45, 2.75) is 18.9 Å². The normalized spacial score (nSPS) is 26.0. The Balaban J connectivity index is 1.52. The lowest BCUT2D eigenvalue weighted by Crippen LogP contribution is -2.45. The van der Waals surface area contributed by atoms with Crippen LogP contribution < -0.4 is 10.6 Å². The Bertz CT molecular complexity index is 128. The Kier molecular flexibility index (Phi) is 2.98. The molecule has 0 amide bonds. The molecule has 2 aliphatic rings. The quantitative estimate of drug-likeness (QED) is 0.602.